The van der Waals surface area contributed by atoms with E-state index in [1.165, 1.54) is 6.07 Å². The van der Waals surface area contributed by atoms with E-state index < -0.39 is 23.0 Å². The van der Waals surface area contributed by atoms with Crippen molar-refractivity contribution in [2.24, 2.45) is 5.73 Å². The number of nitrogens with zero attached hydrogens (tertiary/aromatic N) is 1. The number of alkyl halides is 2. The van der Waals surface area contributed by atoms with Gasteiger partial charge in [-0.05, 0) is 0 Å². The molecule has 0 fully saturated rings. The predicted molar refractivity (Wildman–Crippen MR) is 46.0 cm³/mol. The number of nitro benzene ring substituents is 1. The maximum atomic E-state index is 13.0. The standard InChI is InChI=1S/C8H8F2N2O2/c9-8(10,5-11)6-2-1-3-7(4-6)12(13)14/h1-4H,5,11H2. The molecule has 0 unspecified atom stereocenters. The third-order valence-corrected chi connectivity index (χ3v) is 1.74. The van der Waals surface area contributed by atoms with Crippen molar-refractivity contribution in [2.45, 2.75) is 5.92 Å². The summed E-state index contributed by atoms with van der Waals surface area (Å²) < 4.78 is 26.0. The number of hydrogen-bond acceptors (Lipinski definition) is 3. The van der Waals surface area contributed by atoms with Gasteiger partial charge in [-0.2, -0.15) is 8.78 Å². The minimum Gasteiger partial charge on any atom is -0.325 e. The maximum absolute atomic E-state index is 13.0. The van der Waals surface area contributed by atoms with E-state index in [1.807, 2.05) is 0 Å². The Bertz CT molecular complexity index is 355. The predicted octanol–water partition coefficient (Wildman–Crippen LogP) is 1.65. The number of halogens is 2. The molecule has 0 aromatic heterocycles. The molecule has 0 saturated heterocycles. The van der Waals surface area contributed by atoms with Gasteiger partial charge in [0.2, 0.25) is 0 Å². The fraction of sp³-hybridized carbons (Fsp3) is 0.250. The van der Waals surface area contributed by atoms with E-state index in [1.54, 1.807) is 0 Å². The molecule has 1 rings (SSSR count). The van der Waals surface area contributed by atoms with Crippen LogP contribution >= 0.6 is 0 Å². The zero-order valence-electron chi connectivity index (χ0n) is 7.11. The lowest BCUT2D eigenvalue weighted by Crippen LogP contribution is -2.25. The molecule has 0 amide bonds. The van der Waals surface area contributed by atoms with E-state index >= 15 is 0 Å². The summed E-state index contributed by atoms with van der Waals surface area (Å²) in [5.74, 6) is -3.22. The Balaban J connectivity index is 3.12. The van der Waals surface area contributed by atoms with Crippen molar-refractivity contribution < 1.29 is 13.7 Å². The smallest absolute Gasteiger partial charge is 0.285 e. The number of hydrogen-bond donors (Lipinski definition) is 1. The van der Waals surface area contributed by atoms with E-state index in [9.17, 15) is 18.9 Å². The normalized spacial score (nSPS) is 11.4. The SMILES string of the molecule is NCC(F)(F)c1cccc([N+](=O)[O-])c1. The van der Waals surface area contributed by atoms with Gasteiger partial charge in [-0.15, -0.1) is 0 Å². The highest BCUT2D eigenvalue weighted by molar-refractivity contribution is 5.36. The lowest BCUT2D eigenvalue weighted by Gasteiger charge is -2.13. The molecule has 0 spiro atoms. The topological polar surface area (TPSA) is 69.2 Å². The van der Waals surface area contributed by atoms with Gasteiger partial charge in [0.25, 0.3) is 11.6 Å². The van der Waals surface area contributed by atoms with E-state index in [2.05, 4.69) is 0 Å². The van der Waals surface area contributed by atoms with Gasteiger partial charge in [0.05, 0.1) is 11.5 Å². The van der Waals surface area contributed by atoms with Crippen LogP contribution in [-0.2, 0) is 5.92 Å². The second kappa shape index (κ2) is 3.67. The van der Waals surface area contributed by atoms with Crippen LogP contribution in [0.1, 0.15) is 5.56 Å². The van der Waals surface area contributed by atoms with Gasteiger partial charge >= 0.3 is 0 Å². The van der Waals surface area contributed by atoms with Crippen LogP contribution in [0.5, 0.6) is 0 Å². The third kappa shape index (κ3) is 2.02. The number of non-ortho nitro benzene ring substituents is 1. The summed E-state index contributed by atoms with van der Waals surface area (Å²) in [6.07, 6.45) is 0. The van der Waals surface area contributed by atoms with Gasteiger partial charge in [-0.1, -0.05) is 12.1 Å². The fourth-order valence-corrected chi connectivity index (χ4v) is 0.965. The Morgan fingerprint density at radius 2 is 2.14 bits per heavy atom. The molecule has 2 N–H and O–H groups in total. The zero-order chi connectivity index (χ0) is 10.8. The largest absolute Gasteiger partial charge is 0.325 e. The van der Waals surface area contributed by atoms with Crippen molar-refractivity contribution in [1.82, 2.24) is 0 Å². The lowest BCUT2D eigenvalue weighted by atomic mass is 10.1. The average Bonchev–Trinajstić information content (AvgIpc) is 2.18. The average molecular weight is 202 g/mol. The molecule has 0 aliphatic carbocycles. The van der Waals surface area contributed by atoms with Gasteiger partial charge in [-0.25, -0.2) is 0 Å². The minimum absolute atomic E-state index is 0.365. The van der Waals surface area contributed by atoms with Crippen molar-refractivity contribution in [3.63, 3.8) is 0 Å². The van der Waals surface area contributed by atoms with Crippen molar-refractivity contribution in [3.8, 4) is 0 Å². The Morgan fingerprint density at radius 3 is 2.64 bits per heavy atom. The molecule has 76 valence electrons. The van der Waals surface area contributed by atoms with Crippen LogP contribution in [0, 0.1) is 10.1 Å². The lowest BCUT2D eigenvalue weighted by molar-refractivity contribution is -0.385. The Labute approximate surface area is 78.5 Å². The highest BCUT2D eigenvalue weighted by atomic mass is 19.3. The van der Waals surface area contributed by atoms with Crippen LogP contribution in [0.4, 0.5) is 14.5 Å². The zero-order valence-corrected chi connectivity index (χ0v) is 7.11. The van der Waals surface area contributed by atoms with Crippen LogP contribution in [0.15, 0.2) is 24.3 Å². The molecular formula is C8H8F2N2O2. The first-order chi connectivity index (χ1) is 6.47. The summed E-state index contributed by atoms with van der Waals surface area (Å²) in [7, 11) is 0. The molecule has 14 heavy (non-hydrogen) atoms. The molecule has 1 aromatic carbocycles. The quantitative estimate of drug-likeness (QED) is 0.598. The molecule has 6 heteroatoms. The highest BCUT2D eigenvalue weighted by Gasteiger charge is 2.30. The summed E-state index contributed by atoms with van der Waals surface area (Å²) in [4.78, 5) is 9.57. The van der Waals surface area contributed by atoms with Gasteiger partial charge in [0.15, 0.2) is 0 Å². The number of nitro groups is 1. The summed E-state index contributed by atoms with van der Waals surface area (Å²) in [5, 5.41) is 10.3. The Morgan fingerprint density at radius 1 is 1.50 bits per heavy atom. The van der Waals surface area contributed by atoms with Crippen LogP contribution in [0.3, 0.4) is 0 Å². The first-order valence-corrected chi connectivity index (χ1v) is 3.80. The molecule has 0 radical (unpaired) electrons. The van der Waals surface area contributed by atoms with Crippen LogP contribution in [0.2, 0.25) is 0 Å². The first-order valence-electron chi connectivity index (χ1n) is 3.80. The molecule has 0 heterocycles. The van der Waals surface area contributed by atoms with Crippen LogP contribution in [-0.4, -0.2) is 11.5 Å². The first kappa shape index (κ1) is 10.5. The molecule has 0 aliphatic heterocycles. The van der Waals surface area contributed by atoms with Gasteiger partial charge < -0.3 is 5.73 Å². The van der Waals surface area contributed by atoms with E-state index in [0.717, 1.165) is 18.2 Å². The monoisotopic (exact) mass is 202 g/mol. The van der Waals surface area contributed by atoms with E-state index in [4.69, 9.17) is 5.73 Å². The highest BCUT2D eigenvalue weighted by Crippen LogP contribution is 2.28. The Hall–Kier alpha value is -1.56. The number of benzene rings is 1. The molecule has 0 aliphatic rings. The second-order valence-corrected chi connectivity index (χ2v) is 2.72. The molecular weight excluding hydrogens is 194 g/mol. The van der Waals surface area contributed by atoms with Crippen molar-refractivity contribution >= 4 is 5.69 Å². The minimum atomic E-state index is -3.22. The van der Waals surface area contributed by atoms with Gasteiger partial charge in [-0.3, -0.25) is 10.1 Å². The maximum Gasteiger partial charge on any atom is 0.285 e. The van der Waals surface area contributed by atoms with Crippen LogP contribution < -0.4 is 5.73 Å². The second-order valence-electron chi connectivity index (χ2n) is 2.72. The summed E-state index contributed by atoms with van der Waals surface area (Å²) in [6.45, 7) is -0.867. The van der Waals surface area contributed by atoms with Crippen molar-refractivity contribution in [1.29, 1.82) is 0 Å². The molecule has 1 aromatic rings. The van der Waals surface area contributed by atoms with Crippen molar-refractivity contribution in [3.05, 3.63) is 39.9 Å². The summed E-state index contributed by atoms with van der Waals surface area (Å²) >= 11 is 0. The summed E-state index contributed by atoms with van der Waals surface area (Å²) in [6, 6.07) is 4.29. The molecule has 4 nitrogen and oxygen atoms in total. The summed E-state index contributed by atoms with van der Waals surface area (Å²) in [5.41, 5.74) is 4.04. The Kier molecular flexibility index (Phi) is 2.76. The molecule has 0 saturated carbocycles. The van der Waals surface area contributed by atoms with Crippen molar-refractivity contribution in [2.75, 3.05) is 6.54 Å². The molecule has 0 atom stereocenters. The van der Waals surface area contributed by atoms with E-state index in [0.29, 0.717) is 0 Å². The van der Waals surface area contributed by atoms with Gasteiger partial charge in [0.1, 0.15) is 0 Å². The third-order valence-electron chi connectivity index (χ3n) is 1.74. The van der Waals surface area contributed by atoms with E-state index in [-0.39, 0.29) is 5.69 Å². The number of rotatable bonds is 3. The van der Waals surface area contributed by atoms with Gasteiger partial charge in [0, 0.05) is 17.7 Å². The molecule has 0 bridgehead atoms. The fourth-order valence-electron chi connectivity index (χ4n) is 0.965. The number of nitrogens with two attached hydrogens (primary N) is 1. The van der Waals surface area contributed by atoms with Crippen LogP contribution in [0.25, 0.3) is 0 Å².